The van der Waals surface area contributed by atoms with Gasteiger partial charge >= 0.3 is 0 Å². The molecule has 0 saturated carbocycles. The average molecular weight is 443 g/mol. The van der Waals surface area contributed by atoms with Gasteiger partial charge in [0, 0.05) is 25.2 Å². The van der Waals surface area contributed by atoms with Gasteiger partial charge in [0.1, 0.15) is 17.1 Å². The van der Waals surface area contributed by atoms with E-state index in [9.17, 15) is 14.4 Å². The fourth-order valence-corrected chi connectivity index (χ4v) is 4.47. The Morgan fingerprint density at radius 3 is 2.61 bits per heavy atom. The van der Waals surface area contributed by atoms with Crippen molar-refractivity contribution in [1.29, 1.82) is 0 Å². The smallest absolute Gasteiger partial charge is 0.262 e. The van der Waals surface area contributed by atoms with Gasteiger partial charge in [-0.05, 0) is 32.4 Å². The van der Waals surface area contributed by atoms with Gasteiger partial charge in [-0.25, -0.2) is 4.98 Å². The van der Waals surface area contributed by atoms with Gasteiger partial charge < -0.3 is 15.0 Å². The van der Waals surface area contributed by atoms with Crippen LogP contribution in [0.1, 0.15) is 34.6 Å². The molecule has 0 radical (unpaired) electrons. The minimum Gasteiger partial charge on any atom is -0.496 e. The number of thiophene rings is 1. The van der Waals surface area contributed by atoms with Crippen molar-refractivity contribution in [3.05, 3.63) is 57.0 Å². The molecule has 3 rings (SSSR count). The van der Waals surface area contributed by atoms with Gasteiger partial charge in [0.05, 0.1) is 23.7 Å². The highest BCUT2D eigenvalue weighted by molar-refractivity contribution is 7.20. The quantitative estimate of drug-likeness (QED) is 0.579. The van der Waals surface area contributed by atoms with Crippen LogP contribution in [0.5, 0.6) is 5.75 Å². The first-order valence-electron chi connectivity index (χ1n) is 10.1. The van der Waals surface area contributed by atoms with Gasteiger partial charge in [-0.2, -0.15) is 0 Å². The number of carbonyl (C=O) groups is 2. The lowest BCUT2D eigenvalue weighted by molar-refractivity contribution is -0.131. The van der Waals surface area contributed by atoms with Gasteiger partial charge in [-0.3, -0.25) is 19.0 Å². The SMILES string of the molecule is CCN(CC)C(=O)Cn1cnc2sc(C(=O)NCc3ccccc3OC)c(C)c2c1=O. The number of para-hydroxylation sites is 1. The zero-order chi connectivity index (χ0) is 22.5. The largest absolute Gasteiger partial charge is 0.496 e. The van der Waals surface area contributed by atoms with Crippen molar-refractivity contribution in [1.82, 2.24) is 19.8 Å². The highest BCUT2D eigenvalue weighted by atomic mass is 32.1. The van der Waals surface area contributed by atoms with Gasteiger partial charge in [0.25, 0.3) is 11.5 Å². The standard InChI is InChI=1S/C22H26N4O4S/c1-5-25(6-2)17(27)12-26-13-24-21-18(22(26)29)14(3)19(31-21)20(28)23-11-15-9-7-8-10-16(15)30-4/h7-10,13H,5-6,11-12H2,1-4H3,(H,23,28). The van der Waals surface area contributed by atoms with E-state index in [2.05, 4.69) is 10.3 Å². The van der Waals surface area contributed by atoms with E-state index < -0.39 is 0 Å². The second kappa shape index (κ2) is 9.74. The van der Waals surface area contributed by atoms with Crippen LogP contribution in [0.15, 0.2) is 35.4 Å². The summed E-state index contributed by atoms with van der Waals surface area (Å²) in [6.07, 6.45) is 1.37. The Kier molecular flexibility index (Phi) is 7.06. The summed E-state index contributed by atoms with van der Waals surface area (Å²) in [5.41, 5.74) is 1.11. The van der Waals surface area contributed by atoms with E-state index >= 15 is 0 Å². The van der Waals surface area contributed by atoms with Crippen LogP contribution in [-0.4, -0.2) is 46.5 Å². The number of nitrogens with zero attached hydrogens (tertiary/aromatic N) is 3. The van der Waals surface area contributed by atoms with Crippen molar-refractivity contribution in [3.8, 4) is 5.75 Å². The van der Waals surface area contributed by atoms with Crippen molar-refractivity contribution < 1.29 is 14.3 Å². The maximum Gasteiger partial charge on any atom is 0.262 e. The third-order valence-corrected chi connectivity index (χ3v) is 6.38. The molecule has 0 fully saturated rings. The van der Waals surface area contributed by atoms with Crippen LogP contribution in [0, 0.1) is 6.92 Å². The van der Waals surface area contributed by atoms with Gasteiger partial charge in [-0.15, -0.1) is 11.3 Å². The highest BCUT2D eigenvalue weighted by Gasteiger charge is 2.21. The van der Waals surface area contributed by atoms with Crippen LogP contribution in [-0.2, 0) is 17.9 Å². The van der Waals surface area contributed by atoms with Crippen LogP contribution in [0.4, 0.5) is 0 Å². The molecule has 164 valence electrons. The number of hydrogen-bond acceptors (Lipinski definition) is 6. The number of carbonyl (C=O) groups excluding carboxylic acids is 2. The monoisotopic (exact) mass is 442 g/mol. The zero-order valence-electron chi connectivity index (χ0n) is 18.1. The van der Waals surface area contributed by atoms with E-state index in [-0.39, 0.29) is 23.9 Å². The Hall–Kier alpha value is -3.20. The molecule has 3 aromatic rings. The Morgan fingerprint density at radius 1 is 1.23 bits per heavy atom. The number of likely N-dealkylation sites (N-methyl/N-ethyl adjacent to an activating group) is 1. The Morgan fingerprint density at radius 2 is 1.94 bits per heavy atom. The Bertz CT molecular complexity index is 1160. The first-order chi connectivity index (χ1) is 14.9. The fraction of sp³-hybridized carbons (Fsp3) is 0.364. The molecule has 0 saturated heterocycles. The van der Waals surface area contributed by atoms with Crippen molar-refractivity contribution >= 4 is 33.4 Å². The Labute approximate surface area is 184 Å². The van der Waals surface area contributed by atoms with Crippen LogP contribution in [0.2, 0.25) is 0 Å². The first kappa shape index (κ1) is 22.5. The van der Waals surface area contributed by atoms with Crippen LogP contribution >= 0.6 is 11.3 Å². The second-order valence-electron chi connectivity index (χ2n) is 6.97. The highest BCUT2D eigenvalue weighted by Crippen LogP contribution is 2.27. The lowest BCUT2D eigenvalue weighted by Crippen LogP contribution is -2.36. The summed E-state index contributed by atoms with van der Waals surface area (Å²) in [4.78, 5) is 45.1. The van der Waals surface area contributed by atoms with Gasteiger partial charge in [0.2, 0.25) is 5.91 Å². The maximum absolute atomic E-state index is 13.0. The predicted molar refractivity (Wildman–Crippen MR) is 121 cm³/mol. The molecule has 9 heteroatoms. The topological polar surface area (TPSA) is 93.5 Å². The van der Waals surface area contributed by atoms with Gasteiger partial charge in [0.15, 0.2) is 0 Å². The molecule has 8 nitrogen and oxygen atoms in total. The molecular weight excluding hydrogens is 416 g/mol. The second-order valence-corrected chi connectivity index (χ2v) is 7.97. The number of rotatable bonds is 8. The molecule has 0 bridgehead atoms. The summed E-state index contributed by atoms with van der Waals surface area (Å²) >= 11 is 1.17. The van der Waals surface area contributed by atoms with E-state index in [0.717, 1.165) is 5.56 Å². The summed E-state index contributed by atoms with van der Waals surface area (Å²) < 4.78 is 6.62. The molecule has 0 aliphatic heterocycles. The lowest BCUT2D eigenvalue weighted by Gasteiger charge is -2.18. The molecular formula is C22H26N4O4S. The van der Waals surface area contributed by atoms with E-state index in [4.69, 9.17) is 4.74 Å². The molecule has 0 aliphatic rings. The molecule has 2 amide bonds. The summed E-state index contributed by atoms with van der Waals surface area (Å²) in [6.45, 7) is 6.90. The van der Waals surface area contributed by atoms with Gasteiger partial charge in [-0.1, -0.05) is 18.2 Å². The number of aryl methyl sites for hydroxylation is 1. The number of aromatic nitrogens is 2. The molecule has 0 spiro atoms. The summed E-state index contributed by atoms with van der Waals surface area (Å²) in [6, 6.07) is 7.45. The van der Waals surface area contributed by atoms with Crippen molar-refractivity contribution in [2.75, 3.05) is 20.2 Å². The minimum atomic E-state index is -0.317. The lowest BCUT2D eigenvalue weighted by atomic mass is 10.2. The number of benzene rings is 1. The van der Waals surface area contributed by atoms with E-state index in [0.29, 0.717) is 46.0 Å². The summed E-state index contributed by atoms with van der Waals surface area (Å²) in [5.74, 6) is 0.269. The van der Waals surface area contributed by atoms with Crippen LogP contribution in [0.25, 0.3) is 10.2 Å². The Balaban J connectivity index is 1.85. The fourth-order valence-electron chi connectivity index (χ4n) is 3.42. The molecule has 0 aliphatic carbocycles. The summed E-state index contributed by atoms with van der Waals surface area (Å²) in [5, 5.41) is 3.26. The number of methoxy groups -OCH3 is 1. The van der Waals surface area contributed by atoms with Crippen molar-refractivity contribution in [2.45, 2.75) is 33.9 Å². The average Bonchev–Trinajstić information content (AvgIpc) is 3.12. The molecule has 31 heavy (non-hydrogen) atoms. The summed E-state index contributed by atoms with van der Waals surface area (Å²) in [7, 11) is 1.58. The molecule has 0 atom stereocenters. The number of fused-ring (bicyclic) bond motifs is 1. The number of ether oxygens (including phenoxy) is 1. The van der Waals surface area contributed by atoms with Crippen LogP contribution < -0.4 is 15.6 Å². The molecule has 2 aromatic heterocycles. The zero-order valence-corrected chi connectivity index (χ0v) is 18.9. The third-order valence-electron chi connectivity index (χ3n) is 5.18. The molecule has 2 heterocycles. The van der Waals surface area contributed by atoms with E-state index in [1.54, 1.807) is 18.9 Å². The maximum atomic E-state index is 13.0. The van der Waals surface area contributed by atoms with Crippen molar-refractivity contribution in [3.63, 3.8) is 0 Å². The predicted octanol–water partition coefficient (Wildman–Crippen LogP) is 2.57. The number of nitrogens with one attached hydrogen (secondary N) is 1. The van der Waals surface area contributed by atoms with Crippen molar-refractivity contribution in [2.24, 2.45) is 0 Å². The molecule has 1 N–H and O–H groups in total. The van der Waals surface area contributed by atoms with E-state index in [1.165, 1.54) is 22.2 Å². The minimum absolute atomic E-state index is 0.0753. The molecule has 0 unspecified atom stereocenters. The van der Waals surface area contributed by atoms with Crippen LogP contribution in [0.3, 0.4) is 0 Å². The number of hydrogen-bond donors (Lipinski definition) is 1. The molecule has 1 aromatic carbocycles. The number of amides is 2. The first-order valence-corrected chi connectivity index (χ1v) is 10.9. The normalized spacial score (nSPS) is 10.8. The van der Waals surface area contributed by atoms with E-state index in [1.807, 2.05) is 38.1 Å². The third kappa shape index (κ3) is 4.61.